The summed E-state index contributed by atoms with van der Waals surface area (Å²) in [5, 5.41) is 8.91. The van der Waals surface area contributed by atoms with E-state index in [1.54, 1.807) is 18.2 Å². The Morgan fingerprint density at radius 3 is 2.10 bits per heavy atom. The molecule has 2 aromatic rings. The first kappa shape index (κ1) is 14.6. The maximum absolute atomic E-state index is 13.2. The van der Waals surface area contributed by atoms with E-state index in [9.17, 15) is 18.4 Å². The molecule has 0 fully saturated rings. The van der Waals surface area contributed by atoms with Crippen LogP contribution in [0, 0.1) is 11.6 Å². The minimum absolute atomic E-state index is 0.252. The lowest BCUT2D eigenvalue weighted by atomic mass is 10.1. The predicted octanol–water partition coefficient (Wildman–Crippen LogP) is 2.70. The van der Waals surface area contributed by atoms with Crippen LogP contribution in [0.5, 0.6) is 0 Å². The van der Waals surface area contributed by atoms with Gasteiger partial charge in [0.05, 0.1) is 0 Å². The molecule has 0 aliphatic rings. The number of carboxylic acid groups (broad SMARTS) is 1. The van der Waals surface area contributed by atoms with Crippen molar-refractivity contribution in [3.05, 3.63) is 65.7 Å². The standard InChI is InChI=1S/C15H11F2NO3/c16-11-6-10(7-12(17)8-11)15(21)18(9-14(19)20)13-4-2-1-3-5-13/h1-8H,9H2,(H,19,20). The van der Waals surface area contributed by atoms with Gasteiger partial charge in [0.25, 0.3) is 5.91 Å². The molecule has 0 aliphatic heterocycles. The number of anilines is 1. The van der Waals surface area contributed by atoms with E-state index >= 15 is 0 Å². The van der Waals surface area contributed by atoms with Crippen LogP contribution in [0.3, 0.4) is 0 Å². The van der Waals surface area contributed by atoms with Crippen molar-refractivity contribution in [3.8, 4) is 0 Å². The Hall–Kier alpha value is -2.76. The first-order chi connectivity index (χ1) is 9.97. The first-order valence-electron chi connectivity index (χ1n) is 6.02. The molecule has 0 atom stereocenters. The molecule has 108 valence electrons. The lowest BCUT2D eigenvalue weighted by molar-refractivity contribution is -0.135. The average Bonchev–Trinajstić information content (AvgIpc) is 2.44. The topological polar surface area (TPSA) is 57.6 Å². The zero-order valence-corrected chi connectivity index (χ0v) is 10.8. The molecule has 0 bridgehead atoms. The van der Waals surface area contributed by atoms with Crippen molar-refractivity contribution >= 4 is 17.6 Å². The van der Waals surface area contributed by atoms with Crippen LogP contribution in [0.2, 0.25) is 0 Å². The van der Waals surface area contributed by atoms with Crippen LogP contribution >= 0.6 is 0 Å². The molecule has 4 nitrogen and oxygen atoms in total. The van der Waals surface area contributed by atoms with Crippen molar-refractivity contribution in [2.75, 3.05) is 11.4 Å². The number of hydrogen-bond acceptors (Lipinski definition) is 2. The SMILES string of the molecule is O=C(O)CN(C(=O)c1cc(F)cc(F)c1)c1ccccc1. The molecule has 0 aromatic heterocycles. The fourth-order valence-electron chi connectivity index (χ4n) is 1.86. The number of rotatable bonds is 4. The third-order valence-corrected chi connectivity index (χ3v) is 2.72. The molecule has 0 radical (unpaired) electrons. The van der Waals surface area contributed by atoms with Gasteiger partial charge in [0, 0.05) is 17.3 Å². The summed E-state index contributed by atoms with van der Waals surface area (Å²) in [7, 11) is 0. The summed E-state index contributed by atoms with van der Waals surface area (Å²) in [4.78, 5) is 24.2. The molecule has 0 spiro atoms. The number of amides is 1. The van der Waals surface area contributed by atoms with Crippen molar-refractivity contribution in [2.24, 2.45) is 0 Å². The van der Waals surface area contributed by atoms with Gasteiger partial charge < -0.3 is 5.11 Å². The Morgan fingerprint density at radius 2 is 1.57 bits per heavy atom. The highest BCUT2D eigenvalue weighted by Crippen LogP contribution is 2.18. The average molecular weight is 291 g/mol. The molecular formula is C15H11F2NO3. The van der Waals surface area contributed by atoms with Gasteiger partial charge in [0.1, 0.15) is 18.2 Å². The van der Waals surface area contributed by atoms with Gasteiger partial charge in [-0.25, -0.2) is 8.78 Å². The maximum atomic E-state index is 13.2. The van der Waals surface area contributed by atoms with E-state index in [-0.39, 0.29) is 5.56 Å². The molecular weight excluding hydrogens is 280 g/mol. The minimum Gasteiger partial charge on any atom is -0.480 e. The summed E-state index contributed by atoms with van der Waals surface area (Å²) in [6.07, 6.45) is 0. The molecule has 2 rings (SSSR count). The number of carboxylic acids is 1. The lowest BCUT2D eigenvalue weighted by Gasteiger charge is -2.21. The Bertz CT molecular complexity index is 654. The zero-order chi connectivity index (χ0) is 15.4. The van der Waals surface area contributed by atoms with Crippen LogP contribution in [0.1, 0.15) is 10.4 Å². The second-order valence-electron chi connectivity index (χ2n) is 4.28. The van der Waals surface area contributed by atoms with E-state index < -0.39 is 30.1 Å². The summed E-state index contributed by atoms with van der Waals surface area (Å²) in [5.74, 6) is -3.82. The van der Waals surface area contributed by atoms with Crippen LogP contribution < -0.4 is 4.90 Å². The van der Waals surface area contributed by atoms with Gasteiger partial charge in [-0.05, 0) is 24.3 Å². The van der Waals surface area contributed by atoms with Gasteiger partial charge in [0.15, 0.2) is 0 Å². The van der Waals surface area contributed by atoms with Crippen molar-refractivity contribution in [2.45, 2.75) is 0 Å². The molecule has 0 heterocycles. The first-order valence-corrected chi connectivity index (χ1v) is 6.02. The van der Waals surface area contributed by atoms with Gasteiger partial charge in [-0.15, -0.1) is 0 Å². The van der Waals surface area contributed by atoms with Crippen molar-refractivity contribution in [3.63, 3.8) is 0 Å². The molecule has 6 heteroatoms. The lowest BCUT2D eigenvalue weighted by Crippen LogP contribution is -2.35. The third kappa shape index (κ3) is 3.62. The normalized spacial score (nSPS) is 10.2. The van der Waals surface area contributed by atoms with Crippen LogP contribution in [-0.2, 0) is 4.79 Å². The maximum Gasteiger partial charge on any atom is 0.323 e. The Balaban J connectivity index is 2.41. The molecule has 0 aliphatic carbocycles. The highest BCUT2D eigenvalue weighted by molar-refractivity contribution is 6.08. The Morgan fingerprint density at radius 1 is 1.00 bits per heavy atom. The van der Waals surface area contributed by atoms with Gasteiger partial charge >= 0.3 is 5.97 Å². The Labute approximate surface area is 119 Å². The van der Waals surface area contributed by atoms with Crippen LogP contribution in [0.15, 0.2) is 48.5 Å². The van der Waals surface area contributed by atoms with Crippen molar-refractivity contribution in [1.82, 2.24) is 0 Å². The summed E-state index contributed by atoms with van der Waals surface area (Å²) >= 11 is 0. The number of carbonyl (C=O) groups is 2. The fourth-order valence-corrected chi connectivity index (χ4v) is 1.86. The quantitative estimate of drug-likeness (QED) is 0.942. The summed E-state index contributed by atoms with van der Waals surface area (Å²) in [6.45, 7) is -0.610. The predicted molar refractivity (Wildman–Crippen MR) is 72.1 cm³/mol. The highest BCUT2D eigenvalue weighted by atomic mass is 19.1. The van der Waals surface area contributed by atoms with Gasteiger partial charge in [-0.3, -0.25) is 14.5 Å². The fraction of sp³-hybridized carbons (Fsp3) is 0.0667. The van der Waals surface area contributed by atoms with Crippen LogP contribution in [0.4, 0.5) is 14.5 Å². The number of benzene rings is 2. The molecule has 21 heavy (non-hydrogen) atoms. The number of nitrogens with zero attached hydrogens (tertiary/aromatic N) is 1. The highest BCUT2D eigenvalue weighted by Gasteiger charge is 2.21. The zero-order valence-electron chi connectivity index (χ0n) is 10.8. The van der Waals surface area contributed by atoms with Gasteiger partial charge in [-0.2, -0.15) is 0 Å². The number of halogens is 2. The van der Waals surface area contributed by atoms with Crippen LogP contribution in [0.25, 0.3) is 0 Å². The summed E-state index contributed by atoms with van der Waals surface area (Å²) in [6, 6.07) is 10.4. The number of carbonyl (C=O) groups excluding carboxylic acids is 1. The van der Waals surface area contributed by atoms with Crippen LogP contribution in [-0.4, -0.2) is 23.5 Å². The Kier molecular flexibility index (Phi) is 4.27. The smallest absolute Gasteiger partial charge is 0.323 e. The molecule has 0 unspecified atom stereocenters. The largest absolute Gasteiger partial charge is 0.480 e. The third-order valence-electron chi connectivity index (χ3n) is 2.72. The van der Waals surface area contributed by atoms with Gasteiger partial charge in [0.2, 0.25) is 0 Å². The second kappa shape index (κ2) is 6.13. The summed E-state index contributed by atoms with van der Waals surface area (Å²) < 4.78 is 26.4. The molecule has 2 aromatic carbocycles. The van der Waals surface area contributed by atoms with Crippen molar-refractivity contribution in [1.29, 1.82) is 0 Å². The van der Waals surface area contributed by atoms with Gasteiger partial charge in [-0.1, -0.05) is 18.2 Å². The van der Waals surface area contributed by atoms with E-state index in [2.05, 4.69) is 0 Å². The second-order valence-corrected chi connectivity index (χ2v) is 4.28. The van der Waals surface area contributed by atoms with Crippen molar-refractivity contribution < 1.29 is 23.5 Å². The molecule has 0 saturated heterocycles. The van der Waals surface area contributed by atoms with E-state index in [0.29, 0.717) is 11.8 Å². The number of aliphatic carboxylic acids is 1. The monoisotopic (exact) mass is 291 g/mol. The number of para-hydroxylation sites is 1. The molecule has 0 saturated carbocycles. The summed E-state index contributed by atoms with van der Waals surface area (Å²) in [5.41, 5.74) is 0.0761. The molecule has 1 amide bonds. The van der Waals surface area contributed by atoms with E-state index in [1.165, 1.54) is 12.1 Å². The van der Waals surface area contributed by atoms with E-state index in [4.69, 9.17) is 5.11 Å². The minimum atomic E-state index is -1.23. The number of hydrogen-bond donors (Lipinski definition) is 1. The van der Waals surface area contributed by atoms with E-state index in [1.807, 2.05) is 0 Å². The molecule has 1 N–H and O–H groups in total. The van der Waals surface area contributed by atoms with E-state index in [0.717, 1.165) is 17.0 Å².